The zero-order valence-electron chi connectivity index (χ0n) is 17.4. The van der Waals surface area contributed by atoms with Crippen molar-refractivity contribution in [2.24, 2.45) is 0 Å². The number of nitrogens with one attached hydrogen (secondary N) is 1. The molecule has 0 unspecified atom stereocenters. The van der Waals surface area contributed by atoms with Gasteiger partial charge in [-0.15, -0.1) is 11.6 Å². The van der Waals surface area contributed by atoms with Crippen LogP contribution in [0.25, 0.3) is 11.0 Å². The molecule has 0 aliphatic heterocycles. The predicted molar refractivity (Wildman–Crippen MR) is 117 cm³/mol. The van der Waals surface area contributed by atoms with E-state index in [1.54, 1.807) is 63.2 Å². The Kier molecular flexibility index (Phi) is 6.65. The molecular formula is C23H22ClNO6. The fraction of sp³-hybridized carbons (Fsp3) is 0.261. The lowest BCUT2D eigenvalue weighted by atomic mass is 10.1. The van der Waals surface area contributed by atoms with Crippen molar-refractivity contribution in [1.29, 1.82) is 0 Å². The predicted octanol–water partition coefficient (Wildman–Crippen LogP) is 4.78. The van der Waals surface area contributed by atoms with E-state index in [0.717, 1.165) is 5.56 Å². The molecule has 1 aromatic heterocycles. The van der Waals surface area contributed by atoms with Crippen molar-refractivity contribution in [3.63, 3.8) is 0 Å². The van der Waals surface area contributed by atoms with Gasteiger partial charge in [0.2, 0.25) is 0 Å². The first-order chi connectivity index (χ1) is 14.6. The average molecular weight is 444 g/mol. The lowest BCUT2D eigenvalue weighted by Crippen LogP contribution is -2.32. The first kappa shape index (κ1) is 22.4. The largest absolute Gasteiger partial charge is 0.444 e. The number of esters is 1. The highest BCUT2D eigenvalue weighted by molar-refractivity contribution is 6.17. The lowest BCUT2D eigenvalue weighted by Gasteiger charge is -2.19. The van der Waals surface area contributed by atoms with E-state index >= 15 is 0 Å². The van der Waals surface area contributed by atoms with Crippen molar-refractivity contribution >= 4 is 34.6 Å². The minimum atomic E-state index is -0.843. The maximum absolute atomic E-state index is 12.6. The second-order valence-corrected chi connectivity index (χ2v) is 8.11. The first-order valence-corrected chi connectivity index (χ1v) is 10.1. The van der Waals surface area contributed by atoms with Gasteiger partial charge in [0.1, 0.15) is 22.5 Å². The van der Waals surface area contributed by atoms with Gasteiger partial charge >= 0.3 is 17.7 Å². The van der Waals surface area contributed by atoms with Gasteiger partial charge in [-0.05, 0) is 62.2 Å². The van der Waals surface area contributed by atoms with Crippen LogP contribution < -0.4 is 15.7 Å². The van der Waals surface area contributed by atoms with Crippen molar-refractivity contribution in [2.75, 3.05) is 0 Å². The zero-order valence-corrected chi connectivity index (χ0v) is 18.1. The molecule has 1 heterocycles. The molecule has 0 spiro atoms. The Hall–Kier alpha value is -3.32. The highest BCUT2D eigenvalue weighted by Crippen LogP contribution is 2.19. The number of halogens is 1. The highest BCUT2D eigenvalue weighted by Gasteiger charge is 2.18. The van der Waals surface area contributed by atoms with Crippen LogP contribution in [0.3, 0.4) is 0 Å². The van der Waals surface area contributed by atoms with Crippen LogP contribution in [0, 0.1) is 0 Å². The molecule has 0 fully saturated rings. The summed E-state index contributed by atoms with van der Waals surface area (Å²) in [5, 5.41) is 3.20. The van der Waals surface area contributed by atoms with E-state index in [1.165, 1.54) is 6.07 Å². The number of ether oxygens (including phenoxy) is 2. The van der Waals surface area contributed by atoms with Gasteiger partial charge in [0, 0.05) is 17.8 Å². The van der Waals surface area contributed by atoms with Crippen LogP contribution in [0.4, 0.5) is 4.79 Å². The maximum Gasteiger partial charge on any atom is 0.407 e. The Morgan fingerprint density at radius 2 is 1.84 bits per heavy atom. The molecule has 0 aliphatic rings. The molecule has 0 aliphatic carbocycles. The third kappa shape index (κ3) is 6.08. The molecule has 0 saturated heterocycles. The number of rotatable bonds is 5. The average Bonchev–Trinajstić information content (AvgIpc) is 2.70. The number of benzene rings is 2. The number of fused-ring (bicyclic) bond motifs is 1. The van der Waals surface area contributed by atoms with Crippen LogP contribution in [0.1, 0.15) is 42.3 Å². The smallest absolute Gasteiger partial charge is 0.407 e. The Bertz CT molecular complexity index is 1180. The van der Waals surface area contributed by atoms with Gasteiger partial charge in [0.25, 0.3) is 0 Å². The fourth-order valence-corrected chi connectivity index (χ4v) is 2.93. The van der Waals surface area contributed by atoms with E-state index in [9.17, 15) is 14.4 Å². The number of alkyl halides is 1. The van der Waals surface area contributed by atoms with Crippen molar-refractivity contribution in [2.45, 2.75) is 38.8 Å². The summed E-state index contributed by atoms with van der Waals surface area (Å²) in [6, 6.07) is 13.1. The summed E-state index contributed by atoms with van der Waals surface area (Å²) < 4.78 is 15.8. The molecule has 8 heteroatoms. The van der Waals surface area contributed by atoms with Crippen LogP contribution in [0.5, 0.6) is 5.75 Å². The van der Waals surface area contributed by atoms with Crippen molar-refractivity contribution in [1.82, 2.24) is 5.32 Å². The number of carbonyl (C=O) groups excluding carboxylic acids is 2. The molecule has 1 N–H and O–H groups in total. The quantitative estimate of drug-likeness (QED) is 0.264. The van der Waals surface area contributed by atoms with Gasteiger partial charge in [-0.2, -0.15) is 0 Å². The topological polar surface area (TPSA) is 94.8 Å². The monoisotopic (exact) mass is 443 g/mol. The summed E-state index contributed by atoms with van der Waals surface area (Å²) in [6.07, 6.45) is -0.556. The van der Waals surface area contributed by atoms with Crippen LogP contribution in [-0.4, -0.2) is 17.7 Å². The minimum absolute atomic E-state index is 0.180. The Labute approximate surface area is 183 Å². The van der Waals surface area contributed by atoms with Gasteiger partial charge in [-0.25, -0.2) is 14.4 Å². The van der Waals surface area contributed by atoms with E-state index in [2.05, 4.69) is 5.32 Å². The maximum atomic E-state index is 12.6. The number of hydrogen-bond donors (Lipinski definition) is 1. The molecule has 0 atom stereocenters. The SMILES string of the molecule is CC(C)(C)OC(=O)NCc1cccc(OC(=O)c2cc3cc(CCl)ccc3oc2=O)c1. The summed E-state index contributed by atoms with van der Waals surface area (Å²) >= 11 is 5.84. The Morgan fingerprint density at radius 3 is 2.55 bits per heavy atom. The number of hydrogen-bond acceptors (Lipinski definition) is 6. The molecule has 162 valence electrons. The third-order valence-electron chi connectivity index (χ3n) is 4.12. The van der Waals surface area contributed by atoms with Gasteiger partial charge < -0.3 is 19.2 Å². The summed E-state index contributed by atoms with van der Waals surface area (Å²) in [5.74, 6) is -0.328. The lowest BCUT2D eigenvalue weighted by molar-refractivity contribution is 0.0522. The highest BCUT2D eigenvalue weighted by atomic mass is 35.5. The molecule has 3 rings (SSSR count). The van der Waals surface area contributed by atoms with Crippen molar-refractivity contribution < 1.29 is 23.5 Å². The number of alkyl carbamates (subject to hydrolysis) is 1. The van der Waals surface area contributed by atoms with Gasteiger partial charge in [0.05, 0.1) is 0 Å². The molecule has 0 bridgehead atoms. The van der Waals surface area contributed by atoms with Crippen LogP contribution >= 0.6 is 11.6 Å². The van der Waals surface area contributed by atoms with E-state index in [1.807, 2.05) is 0 Å². The summed E-state index contributed by atoms with van der Waals surface area (Å²) in [7, 11) is 0. The van der Waals surface area contributed by atoms with Crippen LogP contribution in [0.2, 0.25) is 0 Å². The number of amides is 1. The number of carbonyl (C=O) groups is 2. The van der Waals surface area contributed by atoms with Gasteiger partial charge in [-0.3, -0.25) is 0 Å². The van der Waals surface area contributed by atoms with E-state index in [0.29, 0.717) is 22.4 Å². The first-order valence-electron chi connectivity index (χ1n) is 9.55. The minimum Gasteiger partial charge on any atom is -0.444 e. The molecule has 7 nitrogen and oxygen atoms in total. The molecular weight excluding hydrogens is 422 g/mol. The summed E-state index contributed by atoms with van der Waals surface area (Å²) in [6.45, 7) is 5.49. The standard InChI is InChI=1S/C23H22ClNO6/c1-23(2,3)31-22(28)25-13-15-5-4-6-17(10-15)29-20(26)18-11-16-9-14(12-24)7-8-19(16)30-21(18)27/h4-11H,12-13H2,1-3H3,(H,25,28). The molecule has 1 amide bonds. The molecule has 2 aromatic carbocycles. The Morgan fingerprint density at radius 1 is 1.06 bits per heavy atom. The van der Waals surface area contributed by atoms with E-state index in [-0.39, 0.29) is 17.9 Å². The van der Waals surface area contributed by atoms with Crippen LogP contribution in [0.15, 0.2) is 57.7 Å². The van der Waals surface area contributed by atoms with Crippen molar-refractivity contribution in [3.05, 3.63) is 75.6 Å². The van der Waals surface area contributed by atoms with Crippen molar-refractivity contribution in [3.8, 4) is 5.75 Å². The molecule has 31 heavy (non-hydrogen) atoms. The van der Waals surface area contributed by atoms with E-state index < -0.39 is 23.3 Å². The fourth-order valence-electron chi connectivity index (χ4n) is 2.77. The van der Waals surface area contributed by atoms with Crippen LogP contribution in [-0.2, 0) is 17.2 Å². The summed E-state index contributed by atoms with van der Waals surface area (Å²) in [5.41, 5.74) is 0.245. The molecule has 0 radical (unpaired) electrons. The Balaban J connectivity index is 1.73. The molecule has 0 saturated carbocycles. The van der Waals surface area contributed by atoms with E-state index in [4.69, 9.17) is 25.5 Å². The van der Waals surface area contributed by atoms with Gasteiger partial charge in [0.15, 0.2) is 0 Å². The summed E-state index contributed by atoms with van der Waals surface area (Å²) in [4.78, 5) is 36.6. The van der Waals surface area contributed by atoms with Gasteiger partial charge in [-0.1, -0.05) is 18.2 Å². The second-order valence-electron chi connectivity index (χ2n) is 7.85. The molecule has 3 aromatic rings. The third-order valence-corrected chi connectivity index (χ3v) is 4.42. The second kappa shape index (κ2) is 9.22. The normalized spacial score (nSPS) is 11.2. The zero-order chi connectivity index (χ0) is 22.6.